The summed E-state index contributed by atoms with van der Waals surface area (Å²) in [6.07, 6.45) is -4.83. The minimum absolute atomic E-state index is 0.189. The van der Waals surface area contributed by atoms with Crippen molar-refractivity contribution in [3.8, 4) is 6.07 Å². The Labute approximate surface area is 91.6 Å². The second kappa shape index (κ2) is 4.29. The second-order valence-corrected chi connectivity index (χ2v) is 4.38. The van der Waals surface area contributed by atoms with Crippen LogP contribution in [0.25, 0.3) is 0 Å². The van der Waals surface area contributed by atoms with Gasteiger partial charge in [0.25, 0.3) is 0 Å². The number of amides is 1. The van der Waals surface area contributed by atoms with Gasteiger partial charge in [-0.25, -0.2) is 0 Å². The van der Waals surface area contributed by atoms with Crippen molar-refractivity contribution in [1.29, 1.82) is 5.26 Å². The quantitative estimate of drug-likeness (QED) is 0.766. The van der Waals surface area contributed by atoms with E-state index in [1.54, 1.807) is 0 Å². The van der Waals surface area contributed by atoms with Crippen molar-refractivity contribution in [2.45, 2.75) is 32.5 Å². The zero-order valence-corrected chi connectivity index (χ0v) is 9.27. The van der Waals surface area contributed by atoms with E-state index >= 15 is 0 Å². The molecule has 92 valence electrons. The fraction of sp³-hybridized carbons (Fsp3) is 0.778. The van der Waals surface area contributed by atoms with Gasteiger partial charge >= 0.3 is 6.18 Å². The van der Waals surface area contributed by atoms with Crippen LogP contribution in [0.15, 0.2) is 0 Å². The van der Waals surface area contributed by atoms with Gasteiger partial charge < -0.3 is 11.1 Å². The molecule has 0 saturated heterocycles. The lowest BCUT2D eigenvalue weighted by Gasteiger charge is -2.27. The first-order chi connectivity index (χ1) is 6.94. The molecule has 4 nitrogen and oxygen atoms in total. The molecular weight excluding hydrogens is 223 g/mol. The minimum atomic E-state index is -4.83. The SMILES string of the molecule is CC(C)(C#N)CNC(=O)C(C)(N)C(F)(F)F. The standard InChI is InChI=1S/C9H14F3N3O/c1-7(2,4-13)5-15-6(16)8(3,14)9(10,11)12/h5,14H2,1-3H3,(H,15,16). The number of carbonyl (C=O) groups excluding carboxylic acids is 1. The average molecular weight is 237 g/mol. The van der Waals surface area contributed by atoms with Crippen LogP contribution in [-0.2, 0) is 4.79 Å². The Bertz CT molecular complexity index is 315. The monoisotopic (exact) mass is 237 g/mol. The van der Waals surface area contributed by atoms with E-state index in [9.17, 15) is 18.0 Å². The molecule has 0 aromatic carbocycles. The van der Waals surface area contributed by atoms with Gasteiger partial charge in [-0.3, -0.25) is 4.79 Å². The smallest absolute Gasteiger partial charge is 0.353 e. The third kappa shape index (κ3) is 3.38. The molecule has 1 amide bonds. The Morgan fingerprint density at radius 1 is 1.38 bits per heavy atom. The maximum absolute atomic E-state index is 12.3. The summed E-state index contributed by atoms with van der Waals surface area (Å²) < 4.78 is 37.0. The first-order valence-corrected chi connectivity index (χ1v) is 4.49. The Kier molecular flexibility index (Phi) is 3.95. The average Bonchev–Trinajstić information content (AvgIpc) is 2.12. The maximum Gasteiger partial charge on any atom is 0.415 e. The fourth-order valence-corrected chi connectivity index (χ4v) is 0.653. The minimum Gasteiger partial charge on any atom is -0.353 e. The van der Waals surface area contributed by atoms with Crippen LogP contribution in [0.4, 0.5) is 13.2 Å². The third-order valence-corrected chi connectivity index (χ3v) is 2.05. The van der Waals surface area contributed by atoms with Gasteiger partial charge in [-0.1, -0.05) is 0 Å². The molecule has 1 atom stereocenters. The van der Waals surface area contributed by atoms with Crippen molar-refractivity contribution in [3.63, 3.8) is 0 Å². The van der Waals surface area contributed by atoms with Gasteiger partial charge in [0.2, 0.25) is 5.91 Å². The van der Waals surface area contributed by atoms with E-state index in [-0.39, 0.29) is 6.54 Å². The van der Waals surface area contributed by atoms with Crippen molar-refractivity contribution < 1.29 is 18.0 Å². The largest absolute Gasteiger partial charge is 0.415 e. The number of nitrogens with zero attached hydrogens (tertiary/aromatic N) is 1. The van der Waals surface area contributed by atoms with Crippen LogP contribution in [0.2, 0.25) is 0 Å². The van der Waals surface area contributed by atoms with Crippen molar-refractivity contribution in [2.24, 2.45) is 11.1 Å². The molecule has 0 spiro atoms. The molecule has 1 unspecified atom stereocenters. The summed E-state index contributed by atoms with van der Waals surface area (Å²) in [5.41, 5.74) is 1.01. The first-order valence-electron chi connectivity index (χ1n) is 4.49. The van der Waals surface area contributed by atoms with Crippen LogP contribution in [-0.4, -0.2) is 24.2 Å². The maximum atomic E-state index is 12.3. The Morgan fingerprint density at radius 2 is 1.81 bits per heavy atom. The number of hydrogen-bond donors (Lipinski definition) is 2. The van der Waals surface area contributed by atoms with Gasteiger partial charge in [0.05, 0.1) is 11.5 Å². The number of rotatable bonds is 3. The molecule has 3 N–H and O–H groups in total. The highest BCUT2D eigenvalue weighted by Gasteiger charge is 2.53. The molecule has 0 bridgehead atoms. The van der Waals surface area contributed by atoms with Gasteiger partial charge in [-0.05, 0) is 20.8 Å². The molecule has 0 saturated carbocycles. The molecule has 0 heterocycles. The molecule has 0 aliphatic heterocycles. The van der Waals surface area contributed by atoms with Crippen LogP contribution >= 0.6 is 0 Å². The van der Waals surface area contributed by atoms with Gasteiger partial charge in [-0.15, -0.1) is 0 Å². The number of nitrogens with two attached hydrogens (primary N) is 1. The van der Waals surface area contributed by atoms with E-state index < -0.39 is 23.0 Å². The normalized spacial score (nSPS) is 16.1. The van der Waals surface area contributed by atoms with Gasteiger partial charge in [0, 0.05) is 6.54 Å². The Balaban J connectivity index is 4.57. The van der Waals surface area contributed by atoms with Crippen molar-refractivity contribution in [3.05, 3.63) is 0 Å². The lowest BCUT2D eigenvalue weighted by Crippen LogP contribution is -2.62. The van der Waals surface area contributed by atoms with E-state index in [1.807, 2.05) is 11.4 Å². The van der Waals surface area contributed by atoms with E-state index in [1.165, 1.54) is 13.8 Å². The van der Waals surface area contributed by atoms with E-state index in [0.717, 1.165) is 0 Å². The molecule has 0 aliphatic rings. The highest BCUT2D eigenvalue weighted by molar-refractivity contribution is 5.86. The van der Waals surface area contributed by atoms with E-state index in [0.29, 0.717) is 6.92 Å². The predicted octanol–water partition coefficient (Wildman–Crippen LogP) is 0.932. The Morgan fingerprint density at radius 3 is 2.12 bits per heavy atom. The zero-order chi connectivity index (χ0) is 13.2. The number of alkyl halides is 3. The fourth-order valence-electron chi connectivity index (χ4n) is 0.653. The number of halogens is 3. The van der Waals surface area contributed by atoms with Gasteiger partial charge in [0.15, 0.2) is 5.54 Å². The number of carbonyl (C=O) groups is 1. The van der Waals surface area contributed by atoms with Crippen LogP contribution in [0, 0.1) is 16.7 Å². The third-order valence-electron chi connectivity index (χ3n) is 2.05. The summed E-state index contributed by atoms with van der Waals surface area (Å²) in [5, 5.41) is 10.6. The molecule has 16 heavy (non-hydrogen) atoms. The van der Waals surface area contributed by atoms with Gasteiger partial charge in [-0.2, -0.15) is 18.4 Å². The molecule has 0 fully saturated rings. The summed E-state index contributed by atoms with van der Waals surface area (Å²) in [4.78, 5) is 11.2. The molecule has 0 aromatic heterocycles. The zero-order valence-electron chi connectivity index (χ0n) is 9.27. The van der Waals surface area contributed by atoms with Crippen LogP contribution < -0.4 is 11.1 Å². The molecule has 0 rings (SSSR count). The highest BCUT2D eigenvalue weighted by atomic mass is 19.4. The summed E-state index contributed by atoms with van der Waals surface area (Å²) in [5.74, 6) is -1.34. The molecular formula is C9H14F3N3O. The highest BCUT2D eigenvalue weighted by Crippen LogP contribution is 2.28. The number of nitriles is 1. The lowest BCUT2D eigenvalue weighted by molar-refractivity contribution is -0.187. The first kappa shape index (κ1) is 14.7. The van der Waals surface area contributed by atoms with Crippen LogP contribution in [0.3, 0.4) is 0 Å². The molecule has 7 heteroatoms. The summed E-state index contributed by atoms with van der Waals surface area (Å²) in [6, 6.07) is 1.85. The number of hydrogen-bond acceptors (Lipinski definition) is 3. The van der Waals surface area contributed by atoms with Crippen molar-refractivity contribution in [2.75, 3.05) is 6.54 Å². The van der Waals surface area contributed by atoms with Crippen molar-refractivity contribution in [1.82, 2.24) is 5.32 Å². The molecule has 0 aliphatic carbocycles. The van der Waals surface area contributed by atoms with E-state index in [2.05, 4.69) is 0 Å². The predicted molar refractivity (Wildman–Crippen MR) is 51.1 cm³/mol. The molecule has 0 aromatic rings. The van der Waals surface area contributed by atoms with Gasteiger partial charge in [0.1, 0.15) is 0 Å². The molecule has 0 radical (unpaired) electrons. The van der Waals surface area contributed by atoms with Crippen LogP contribution in [0.5, 0.6) is 0 Å². The lowest BCUT2D eigenvalue weighted by atomic mass is 9.95. The topological polar surface area (TPSA) is 78.9 Å². The summed E-state index contributed by atoms with van der Waals surface area (Å²) >= 11 is 0. The van der Waals surface area contributed by atoms with E-state index in [4.69, 9.17) is 11.0 Å². The summed E-state index contributed by atoms with van der Waals surface area (Å²) in [6.45, 7) is 3.39. The summed E-state index contributed by atoms with van der Waals surface area (Å²) in [7, 11) is 0. The second-order valence-electron chi connectivity index (χ2n) is 4.38. The van der Waals surface area contributed by atoms with Crippen molar-refractivity contribution >= 4 is 5.91 Å². The Hall–Kier alpha value is -1.29. The van der Waals surface area contributed by atoms with Crippen LogP contribution in [0.1, 0.15) is 20.8 Å². The number of nitrogens with one attached hydrogen (secondary N) is 1.